The molecule has 2 nitrogen and oxygen atoms in total. The molecule has 1 aliphatic carbocycles. The first-order valence-electron chi connectivity index (χ1n) is 7.47. The summed E-state index contributed by atoms with van der Waals surface area (Å²) < 4.78 is 0. The molecule has 0 bridgehead atoms. The molecule has 1 saturated carbocycles. The second kappa shape index (κ2) is 5.94. The topological polar surface area (TPSA) is 46.2 Å². The molecule has 1 aromatic rings. The van der Waals surface area contributed by atoms with Gasteiger partial charge in [0.15, 0.2) is 0 Å². The Kier molecular flexibility index (Phi) is 4.70. The van der Waals surface area contributed by atoms with E-state index in [1.807, 2.05) is 0 Å². The number of rotatable bonds is 4. The number of aliphatic hydroxyl groups is 1. The summed E-state index contributed by atoms with van der Waals surface area (Å²) in [6.45, 7) is 7.07. The van der Waals surface area contributed by atoms with Gasteiger partial charge in [0.1, 0.15) is 0 Å². The largest absolute Gasteiger partial charge is 0.388 e. The molecule has 1 aliphatic rings. The summed E-state index contributed by atoms with van der Waals surface area (Å²) in [5.41, 5.74) is 7.11. The fourth-order valence-corrected chi connectivity index (χ4v) is 4.62. The number of hydrogen-bond acceptors (Lipinski definition) is 3. The van der Waals surface area contributed by atoms with Gasteiger partial charge in [0.2, 0.25) is 0 Å². The maximum atomic E-state index is 10.9. The van der Waals surface area contributed by atoms with E-state index in [1.54, 1.807) is 11.3 Å². The Morgan fingerprint density at radius 2 is 2.26 bits per heavy atom. The predicted molar refractivity (Wildman–Crippen MR) is 82.5 cm³/mol. The standard InChI is InChI=1S/C16H27NOS/c1-4-13-6-5-7-16(9-13,10-17)15(18)14-8-11(2)19-12(14)3/h8,13,15,18H,4-7,9-10,17H2,1-3H3. The van der Waals surface area contributed by atoms with E-state index in [9.17, 15) is 5.11 Å². The van der Waals surface area contributed by atoms with Crippen molar-refractivity contribution in [3.63, 3.8) is 0 Å². The molecule has 0 radical (unpaired) electrons. The zero-order valence-corrected chi connectivity index (χ0v) is 13.2. The first kappa shape index (κ1) is 15.0. The molecule has 3 unspecified atom stereocenters. The molecule has 2 rings (SSSR count). The summed E-state index contributed by atoms with van der Waals surface area (Å²) in [6.07, 6.45) is 5.46. The van der Waals surface area contributed by atoms with Gasteiger partial charge in [-0.05, 0) is 44.2 Å². The zero-order valence-electron chi connectivity index (χ0n) is 12.4. The summed E-state index contributed by atoms with van der Waals surface area (Å²) in [6, 6.07) is 2.15. The molecule has 3 N–H and O–H groups in total. The quantitative estimate of drug-likeness (QED) is 0.878. The molecule has 0 amide bonds. The molecule has 19 heavy (non-hydrogen) atoms. The van der Waals surface area contributed by atoms with E-state index in [-0.39, 0.29) is 5.41 Å². The van der Waals surface area contributed by atoms with Crippen LogP contribution in [0.25, 0.3) is 0 Å². The molecule has 1 aromatic heterocycles. The van der Waals surface area contributed by atoms with Crippen LogP contribution in [-0.4, -0.2) is 11.7 Å². The van der Waals surface area contributed by atoms with Crippen molar-refractivity contribution in [2.45, 2.75) is 59.0 Å². The van der Waals surface area contributed by atoms with Crippen molar-refractivity contribution >= 4 is 11.3 Å². The van der Waals surface area contributed by atoms with Gasteiger partial charge < -0.3 is 10.8 Å². The molecule has 0 aliphatic heterocycles. The van der Waals surface area contributed by atoms with Gasteiger partial charge in [0, 0.05) is 21.7 Å². The smallest absolute Gasteiger partial charge is 0.0869 e. The first-order valence-corrected chi connectivity index (χ1v) is 8.29. The Labute approximate surface area is 121 Å². The molecular weight excluding hydrogens is 254 g/mol. The lowest BCUT2D eigenvalue weighted by atomic mass is 9.64. The maximum absolute atomic E-state index is 10.9. The summed E-state index contributed by atoms with van der Waals surface area (Å²) in [5.74, 6) is 0.729. The van der Waals surface area contributed by atoms with Gasteiger partial charge in [-0.2, -0.15) is 0 Å². The van der Waals surface area contributed by atoms with Crippen LogP contribution in [0.3, 0.4) is 0 Å². The zero-order chi connectivity index (χ0) is 14.0. The third kappa shape index (κ3) is 2.88. The maximum Gasteiger partial charge on any atom is 0.0869 e. The molecule has 0 spiro atoms. The normalized spacial score (nSPS) is 29.4. The van der Waals surface area contributed by atoms with Crippen molar-refractivity contribution in [3.05, 3.63) is 21.4 Å². The second-order valence-electron chi connectivity index (χ2n) is 6.21. The van der Waals surface area contributed by atoms with Crippen molar-refractivity contribution in [1.29, 1.82) is 0 Å². The lowest BCUT2D eigenvalue weighted by Crippen LogP contribution is -2.41. The number of aryl methyl sites for hydroxylation is 2. The third-order valence-corrected chi connectivity index (χ3v) is 5.90. The SMILES string of the molecule is CCC1CCCC(CN)(C(O)c2cc(C)sc2C)C1. The number of nitrogens with two attached hydrogens (primary N) is 1. The van der Waals surface area contributed by atoms with Crippen LogP contribution in [0.1, 0.15) is 60.4 Å². The second-order valence-corrected chi connectivity index (χ2v) is 7.67. The molecule has 3 heteroatoms. The molecule has 1 fully saturated rings. The van der Waals surface area contributed by atoms with Crippen LogP contribution in [-0.2, 0) is 0 Å². The Hall–Kier alpha value is -0.380. The minimum atomic E-state index is -0.392. The van der Waals surface area contributed by atoms with Crippen molar-refractivity contribution in [3.8, 4) is 0 Å². The average molecular weight is 281 g/mol. The Morgan fingerprint density at radius 1 is 1.53 bits per heavy atom. The Morgan fingerprint density at radius 3 is 2.79 bits per heavy atom. The van der Waals surface area contributed by atoms with E-state index in [1.165, 1.54) is 29.0 Å². The molecule has 108 valence electrons. The first-order chi connectivity index (χ1) is 9.02. The van der Waals surface area contributed by atoms with Crippen molar-refractivity contribution < 1.29 is 5.11 Å². The van der Waals surface area contributed by atoms with Crippen LogP contribution in [0.15, 0.2) is 6.07 Å². The molecule has 3 atom stereocenters. The lowest BCUT2D eigenvalue weighted by molar-refractivity contribution is -0.0162. The van der Waals surface area contributed by atoms with Crippen molar-refractivity contribution in [1.82, 2.24) is 0 Å². The van der Waals surface area contributed by atoms with E-state index in [4.69, 9.17) is 5.73 Å². The number of aliphatic hydroxyl groups excluding tert-OH is 1. The number of thiophene rings is 1. The highest BCUT2D eigenvalue weighted by Gasteiger charge is 2.42. The summed E-state index contributed by atoms with van der Waals surface area (Å²) in [7, 11) is 0. The van der Waals surface area contributed by atoms with Gasteiger partial charge >= 0.3 is 0 Å². The number of hydrogen-bond donors (Lipinski definition) is 2. The third-order valence-electron chi connectivity index (χ3n) is 4.92. The highest BCUT2D eigenvalue weighted by molar-refractivity contribution is 7.12. The fraction of sp³-hybridized carbons (Fsp3) is 0.750. The van der Waals surface area contributed by atoms with Crippen molar-refractivity contribution in [2.24, 2.45) is 17.1 Å². The minimum absolute atomic E-state index is 0.1000. The van der Waals surface area contributed by atoms with Crippen LogP contribution < -0.4 is 5.73 Å². The lowest BCUT2D eigenvalue weighted by Gasteiger charge is -2.43. The van der Waals surface area contributed by atoms with Crippen LogP contribution in [0.2, 0.25) is 0 Å². The van der Waals surface area contributed by atoms with E-state index in [0.29, 0.717) is 6.54 Å². The van der Waals surface area contributed by atoms with E-state index in [0.717, 1.165) is 24.3 Å². The summed E-state index contributed by atoms with van der Waals surface area (Å²) in [4.78, 5) is 2.53. The fourth-order valence-electron chi connectivity index (χ4n) is 3.67. The van der Waals surface area contributed by atoms with E-state index < -0.39 is 6.10 Å². The van der Waals surface area contributed by atoms with E-state index >= 15 is 0 Å². The highest BCUT2D eigenvalue weighted by Crippen LogP contribution is 2.49. The Balaban J connectivity index is 2.27. The van der Waals surface area contributed by atoms with Crippen LogP contribution in [0.4, 0.5) is 0 Å². The van der Waals surface area contributed by atoms with E-state index in [2.05, 4.69) is 26.8 Å². The van der Waals surface area contributed by atoms with Crippen molar-refractivity contribution in [2.75, 3.05) is 6.54 Å². The predicted octanol–water partition coefficient (Wildman–Crippen LogP) is 3.94. The molecular formula is C16H27NOS. The molecule has 0 aromatic carbocycles. The van der Waals surface area contributed by atoms with Crippen LogP contribution >= 0.6 is 11.3 Å². The van der Waals surface area contributed by atoms with Crippen LogP contribution in [0.5, 0.6) is 0 Å². The average Bonchev–Trinajstić information content (AvgIpc) is 2.76. The van der Waals surface area contributed by atoms with Gasteiger partial charge in [-0.1, -0.05) is 26.2 Å². The Bertz CT molecular complexity index is 428. The molecule has 1 heterocycles. The highest BCUT2D eigenvalue weighted by atomic mass is 32.1. The van der Waals surface area contributed by atoms with Gasteiger partial charge in [0.05, 0.1) is 6.10 Å². The minimum Gasteiger partial charge on any atom is -0.388 e. The van der Waals surface area contributed by atoms with Crippen LogP contribution in [0, 0.1) is 25.2 Å². The summed E-state index contributed by atoms with van der Waals surface area (Å²) >= 11 is 1.78. The van der Waals surface area contributed by atoms with Gasteiger partial charge in [-0.3, -0.25) is 0 Å². The molecule has 0 saturated heterocycles. The van der Waals surface area contributed by atoms with Gasteiger partial charge in [0.25, 0.3) is 0 Å². The monoisotopic (exact) mass is 281 g/mol. The summed E-state index contributed by atoms with van der Waals surface area (Å²) in [5, 5.41) is 10.9. The van der Waals surface area contributed by atoms with Gasteiger partial charge in [-0.15, -0.1) is 11.3 Å². The van der Waals surface area contributed by atoms with Gasteiger partial charge in [-0.25, -0.2) is 0 Å².